The van der Waals surface area contributed by atoms with Crippen molar-refractivity contribution in [2.45, 2.75) is 33.1 Å². The summed E-state index contributed by atoms with van der Waals surface area (Å²) in [4.78, 5) is 12.2. The number of aliphatic hydroxyl groups excluding tert-OH is 1. The second-order valence-electron chi connectivity index (χ2n) is 6.04. The highest BCUT2D eigenvalue weighted by Crippen LogP contribution is 2.32. The zero-order valence-corrected chi connectivity index (χ0v) is 14.6. The van der Waals surface area contributed by atoms with Gasteiger partial charge in [0.1, 0.15) is 11.6 Å². The van der Waals surface area contributed by atoms with Gasteiger partial charge in [0.25, 0.3) is 5.56 Å². The SMILES string of the molecule is Cc1nn(C[C@@H](O)COCc2ccc3c(c2)OCO3)c(=O)c(C#N)c1C. The van der Waals surface area contributed by atoms with Crippen LogP contribution in [0.5, 0.6) is 11.5 Å². The third-order valence-corrected chi connectivity index (χ3v) is 4.15. The molecular formula is C18H19N3O5. The minimum atomic E-state index is -0.928. The normalized spacial score (nSPS) is 13.5. The average molecular weight is 357 g/mol. The quantitative estimate of drug-likeness (QED) is 0.823. The number of fused-ring (bicyclic) bond motifs is 1. The molecule has 8 nitrogen and oxygen atoms in total. The molecule has 0 amide bonds. The predicted molar refractivity (Wildman–Crippen MR) is 90.9 cm³/mol. The van der Waals surface area contributed by atoms with Gasteiger partial charge in [0.2, 0.25) is 6.79 Å². The second-order valence-corrected chi connectivity index (χ2v) is 6.04. The Morgan fingerprint density at radius 2 is 2.15 bits per heavy atom. The number of benzene rings is 1. The van der Waals surface area contributed by atoms with Crippen LogP contribution in [0, 0.1) is 25.2 Å². The molecule has 26 heavy (non-hydrogen) atoms. The predicted octanol–water partition coefficient (Wildman–Crippen LogP) is 1.04. The van der Waals surface area contributed by atoms with Crippen molar-refractivity contribution >= 4 is 0 Å². The standard InChI is InChI=1S/C18H19N3O5/c1-11-12(2)20-21(18(23)15(11)6-19)7-14(22)9-24-8-13-3-4-16-17(5-13)26-10-25-16/h3-5,14,22H,7-10H2,1-2H3/t14-/m1/s1. The van der Waals surface area contributed by atoms with Crippen LogP contribution in [-0.4, -0.2) is 34.4 Å². The Hall–Kier alpha value is -2.89. The molecule has 1 aliphatic rings. The molecule has 2 aromatic rings. The molecule has 2 heterocycles. The van der Waals surface area contributed by atoms with Gasteiger partial charge in [0.15, 0.2) is 11.5 Å². The van der Waals surface area contributed by atoms with Gasteiger partial charge in [-0.1, -0.05) is 6.07 Å². The van der Waals surface area contributed by atoms with Gasteiger partial charge >= 0.3 is 0 Å². The van der Waals surface area contributed by atoms with Crippen LogP contribution < -0.4 is 15.0 Å². The third-order valence-electron chi connectivity index (χ3n) is 4.15. The summed E-state index contributed by atoms with van der Waals surface area (Å²) in [6.07, 6.45) is -0.928. The zero-order chi connectivity index (χ0) is 18.7. The summed E-state index contributed by atoms with van der Waals surface area (Å²) in [5, 5.41) is 23.4. The lowest BCUT2D eigenvalue weighted by Crippen LogP contribution is -2.33. The Bertz CT molecular complexity index is 916. The van der Waals surface area contributed by atoms with E-state index in [4.69, 9.17) is 19.5 Å². The number of aliphatic hydroxyl groups is 1. The Morgan fingerprint density at radius 3 is 2.92 bits per heavy atom. The van der Waals surface area contributed by atoms with E-state index in [1.807, 2.05) is 18.2 Å². The Balaban J connectivity index is 1.58. The highest BCUT2D eigenvalue weighted by Gasteiger charge is 2.16. The first-order chi connectivity index (χ1) is 12.5. The smallest absolute Gasteiger partial charge is 0.285 e. The summed E-state index contributed by atoms with van der Waals surface area (Å²) < 4.78 is 17.2. The highest BCUT2D eigenvalue weighted by molar-refractivity contribution is 5.44. The Labute approximate surface area is 150 Å². The van der Waals surface area contributed by atoms with Crippen LogP contribution in [0.2, 0.25) is 0 Å². The average Bonchev–Trinajstić information content (AvgIpc) is 3.08. The van der Waals surface area contributed by atoms with Gasteiger partial charge in [0, 0.05) is 0 Å². The maximum Gasteiger partial charge on any atom is 0.285 e. The topological polar surface area (TPSA) is 107 Å². The fraction of sp³-hybridized carbons (Fsp3) is 0.389. The largest absolute Gasteiger partial charge is 0.454 e. The van der Waals surface area contributed by atoms with Gasteiger partial charge in [-0.3, -0.25) is 4.79 Å². The van der Waals surface area contributed by atoms with Gasteiger partial charge in [-0.2, -0.15) is 10.4 Å². The summed E-state index contributed by atoms with van der Waals surface area (Å²) in [7, 11) is 0. The van der Waals surface area contributed by atoms with Crippen molar-refractivity contribution in [2.24, 2.45) is 0 Å². The summed E-state index contributed by atoms with van der Waals surface area (Å²) in [6, 6.07) is 7.38. The molecule has 0 radical (unpaired) electrons. The van der Waals surface area contributed by atoms with E-state index in [1.54, 1.807) is 19.9 Å². The molecule has 0 spiro atoms. The lowest BCUT2D eigenvalue weighted by Gasteiger charge is -2.14. The van der Waals surface area contributed by atoms with E-state index in [-0.39, 0.29) is 32.1 Å². The molecule has 1 aliphatic heterocycles. The van der Waals surface area contributed by atoms with Crippen molar-refractivity contribution in [3.05, 3.63) is 50.9 Å². The molecule has 0 bridgehead atoms. The first-order valence-corrected chi connectivity index (χ1v) is 8.12. The molecule has 1 aromatic heterocycles. The number of hydrogen-bond donors (Lipinski definition) is 1. The van der Waals surface area contributed by atoms with Crippen molar-refractivity contribution in [1.82, 2.24) is 9.78 Å². The lowest BCUT2D eigenvalue weighted by atomic mass is 10.1. The van der Waals surface area contributed by atoms with Crippen molar-refractivity contribution in [1.29, 1.82) is 5.26 Å². The van der Waals surface area contributed by atoms with Crippen LogP contribution in [0.15, 0.2) is 23.0 Å². The van der Waals surface area contributed by atoms with Gasteiger partial charge in [0.05, 0.1) is 31.6 Å². The molecule has 0 saturated heterocycles. The van der Waals surface area contributed by atoms with Crippen LogP contribution in [0.1, 0.15) is 22.4 Å². The maximum atomic E-state index is 12.2. The van der Waals surface area contributed by atoms with Crippen LogP contribution in [0.25, 0.3) is 0 Å². The van der Waals surface area contributed by atoms with E-state index in [1.165, 1.54) is 0 Å². The van der Waals surface area contributed by atoms with Crippen LogP contribution in [0.4, 0.5) is 0 Å². The summed E-state index contributed by atoms with van der Waals surface area (Å²) in [5.41, 5.74) is 1.56. The van der Waals surface area contributed by atoms with Gasteiger partial charge in [-0.25, -0.2) is 4.68 Å². The monoisotopic (exact) mass is 357 g/mol. The van der Waals surface area contributed by atoms with Crippen LogP contribution in [0.3, 0.4) is 0 Å². The Morgan fingerprint density at radius 1 is 1.38 bits per heavy atom. The summed E-state index contributed by atoms with van der Waals surface area (Å²) in [5.74, 6) is 1.36. The maximum absolute atomic E-state index is 12.2. The second kappa shape index (κ2) is 7.56. The van der Waals surface area contributed by atoms with E-state index in [9.17, 15) is 9.90 Å². The van der Waals surface area contributed by atoms with E-state index in [0.717, 1.165) is 10.2 Å². The summed E-state index contributed by atoms with van der Waals surface area (Å²) in [6.45, 7) is 3.87. The van der Waals surface area contributed by atoms with E-state index < -0.39 is 11.7 Å². The minimum Gasteiger partial charge on any atom is -0.454 e. The summed E-state index contributed by atoms with van der Waals surface area (Å²) >= 11 is 0. The number of nitriles is 1. The molecule has 0 aliphatic carbocycles. The van der Waals surface area contributed by atoms with E-state index in [0.29, 0.717) is 22.8 Å². The van der Waals surface area contributed by atoms with Crippen molar-refractivity contribution in [2.75, 3.05) is 13.4 Å². The zero-order valence-electron chi connectivity index (χ0n) is 14.6. The minimum absolute atomic E-state index is 0.0252. The molecule has 8 heteroatoms. The number of nitrogens with zero attached hydrogens (tertiary/aromatic N) is 3. The van der Waals surface area contributed by atoms with Crippen molar-refractivity contribution in [3.63, 3.8) is 0 Å². The van der Waals surface area contributed by atoms with Crippen molar-refractivity contribution < 1.29 is 19.3 Å². The molecule has 136 valence electrons. The molecule has 1 aromatic carbocycles. The number of aryl methyl sites for hydroxylation is 1. The molecule has 1 atom stereocenters. The first kappa shape index (κ1) is 17.9. The van der Waals surface area contributed by atoms with Gasteiger partial charge in [-0.15, -0.1) is 0 Å². The fourth-order valence-corrected chi connectivity index (χ4v) is 2.62. The number of hydrogen-bond acceptors (Lipinski definition) is 7. The first-order valence-electron chi connectivity index (χ1n) is 8.12. The highest BCUT2D eigenvalue weighted by atomic mass is 16.7. The van der Waals surface area contributed by atoms with E-state index in [2.05, 4.69) is 5.10 Å². The third kappa shape index (κ3) is 3.69. The van der Waals surface area contributed by atoms with Gasteiger partial charge in [-0.05, 0) is 37.1 Å². The molecule has 0 saturated carbocycles. The fourth-order valence-electron chi connectivity index (χ4n) is 2.62. The lowest BCUT2D eigenvalue weighted by molar-refractivity contribution is 0.0179. The number of ether oxygens (including phenoxy) is 3. The molecule has 0 fully saturated rings. The van der Waals surface area contributed by atoms with Gasteiger partial charge < -0.3 is 19.3 Å². The van der Waals surface area contributed by atoms with Crippen LogP contribution >= 0.6 is 0 Å². The van der Waals surface area contributed by atoms with E-state index >= 15 is 0 Å². The molecule has 3 rings (SSSR count). The molecule has 0 unspecified atom stereocenters. The van der Waals surface area contributed by atoms with Crippen LogP contribution in [-0.2, 0) is 17.9 Å². The molecular weight excluding hydrogens is 338 g/mol. The molecule has 1 N–H and O–H groups in total. The number of aromatic nitrogens is 2. The Kier molecular flexibility index (Phi) is 5.21. The van der Waals surface area contributed by atoms with Crippen molar-refractivity contribution in [3.8, 4) is 17.6 Å². The number of rotatable bonds is 6.